The number of carboxylic acid groups (broad SMARTS) is 2. The van der Waals surface area contributed by atoms with Gasteiger partial charge in [-0.3, -0.25) is 9.59 Å². The minimum absolute atomic E-state index is 0.793. The number of aliphatic carboxylic acids is 2. The maximum Gasteiger partial charge on any atom is 0.326 e. The van der Waals surface area contributed by atoms with Gasteiger partial charge in [-0.2, -0.15) is 0 Å². The lowest BCUT2D eigenvalue weighted by molar-refractivity contribution is -0.151. The van der Waals surface area contributed by atoms with E-state index in [-0.39, 0.29) is 0 Å². The van der Waals surface area contributed by atoms with Crippen molar-refractivity contribution >= 4 is 11.9 Å². The number of nitrogens with two attached hydrogens (primary N) is 1. The lowest BCUT2D eigenvalue weighted by Crippen LogP contribution is -2.52. The Morgan fingerprint density at radius 1 is 1.36 bits per heavy atom. The van der Waals surface area contributed by atoms with Crippen LogP contribution in [0.25, 0.3) is 0 Å². The molecule has 0 aromatic heterocycles. The van der Waals surface area contributed by atoms with Gasteiger partial charge in [0, 0.05) is 0 Å². The van der Waals surface area contributed by atoms with Gasteiger partial charge < -0.3 is 21.1 Å². The van der Waals surface area contributed by atoms with E-state index >= 15 is 0 Å². The summed E-state index contributed by atoms with van der Waals surface area (Å²) in [7, 11) is 0. The number of aliphatic hydroxyl groups excluding tert-OH is 1. The van der Waals surface area contributed by atoms with Gasteiger partial charge >= 0.3 is 11.9 Å². The number of hydrogen-bond acceptors (Lipinski definition) is 4. The fraction of sp³-hybridized carbons (Fsp3) is 0.600. The fourth-order valence-corrected chi connectivity index (χ4v) is 0.469. The first-order valence-electron chi connectivity index (χ1n) is 2.77. The molecule has 0 spiro atoms. The third-order valence-electron chi connectivity index (χ3n) is 1.17. The molecule has 64 valence electrons. The van der Waals surface area contributed by atoms with Crippen molar-refractivity contribution < 1.29 is 24.9 Å². The van der Waals surface area contributed by atoms with Crippen LogP contribution in [0.3, 0.4) is 0 Å². The Labute approximate surface area is 62.2 Å². The van der Waals surface area contributed by atoms with Gasteiger partial charge in [-0.1, -0.05) is 0 Å². The fourth-order valence-electron chi connectivity index (χ4n) is 0.469. The van der Waals surface area contributed by atoms with E-state index in [9.17, 15) is 9.59 Å². The number of rotatable bonds is 4. The number of carboxylic acids is 2. The quantitative estimate of drug-likeness (QED) is 0.389. The van der Waals surface area contributed by atoms with Gasteiger partial charge in [-0.15, -0.1) is 0 Å². The topological polar surface area (TPSA) is 121 Å². The normalized spacial score (nSPS) is 15.5. The molecule has 0 aliphatic rings. The third kappa shape index (κ3) is 2.52. The lowest BCUT2D eigenvalue weighted by Gasteiger charge is -2.18. The molecule has 0 aliphatic carbocycles. The summed E-state index contributed by atoms with van der Waals surface area (Å²) in [5, 5.41) is 24.9. The summed E-state index contributed by atoms with van der Waals surface area (Å²) in [6.07, 6.45) is -0.793. The van der Waals surface area contributed by atoms with Crippen molar-refractivity contribution in [3.8, 4) is 0 Å². The second-order valence-electron chi connectivity index (χ2n) is 2.19. The van der Waals surface area contributed by atoms with Gasteiger partial charge in [0.1, 0.15) is 5.54 Å². The second kappa shape index (κ2) is 3.31. The van der Waals surface area contributed by atoms with Crippen molar-refractivity contribution in [2.24, 2.45) is 5.73 Å². The van der Waals surface area contributed by atoms with Gasteiger partial charge in [-0.05, 0) is 0 Å². The molecule has 0 unspecified atom stereocenters. The predicted molar refractivity (Wildman–Crippen MR) is 33.9 cm³/mol. The first-order valence-corrected chi connectivity index (χ1v) is 2.77. The average molecular weight is 163 g/mol. The van der Waals surface area contributed by atoms with Crippen LogP contribution in [-0.4, -0.2) is 39.4 Å². The Morgan fingerprint density at radius 2 is 1.82 bits per heavy atom. The minimum Gasteiger partial charge on any atom is -0.481 e. The molecule has 0 heterocycles. The molecule has 0 saturated heterocycles. The molecule has 0 rings (SSSR count). The molecule has 6 heteroatoms. The van der Waals surface area contributed by atoms with Gasteiger partial charge in [-0.25, -0.2) is 0 Å². The van der Waals surface area contributed by atoms with Crippen LogP contribution < -0.4 is 5.73 Å². The van der Waals surface area contributed by atoms with Crippen LogP contribution >= 0.6 is 0 Å². The van der Waals surface area contributed by atoms with E-state index in [1.165, 1.54) is 0 Å². The molecule has 5 N–H and O–H groups in total. The summed E-state index contributed by atoms with van der Waals surface area (Å²) >= 11 is 0. The first kappa shape index (κ1) is 9.86. The zero-order valence-electron chi connectivity index (χ0n) is 5.65. The SMILES string of the molecule is N[C@@](CO)(CC(=O)O)C(=O)O. The molecule has 0 amide bonds. The molecule has 0 radical (unpaired) electrons. The van der Waals surface area contributed by atoms with E-state index in [2.05, 4.69) is 0 Å². The first-order chi connectivity index (χ1) is 4.92. The van der Waals surface area contributed by atoms with Gasteiger partial charge in [0.25, 0.3) is 0 Å². The monoisotopic (exact) mass is 163 g/mol. The average Bonchev–Trinajstić information content (AvgIpc) is 1.86. The van der Waals surface area contributed by atoms with Crippen molar-refractivity contribution in [2.75, 3.05) is 6.61 Å². The van der Waals surface area contributed by atoms with Crippen molar-refractivity contribution in [2.45, 2.75) is 12.0 Å². The maximum absolute atomic E-state index is 10.2. The summed E-state index contributed by atoms with van der Waals surface area (Å²) < 4.78 is 0. The van der Waals surface area contributed by atoms with E-state index < -0.39 is 30.5 Å². The summed E-state index contributed by atoms with van der Waals surface area (Å²) in [4.78, 5) is 20.3. The number of carbonyl (C=O) groups is 2. The lowest BCUT2D eigenvalue weighted by atomic mass is 9.98. The standard InChI is InChI=1S/C5H9NO5/c6-5(2-7,4(10)11)1-3(8)9/h7H,1-2,6H2,(H,8,9)(H,10,11)/t5-/m1/s1. The highest BCUT2D eigenvalue weighted by Crippen LogP contribution is 2.05. The highest BCUT2D eigenvalue weighted by molar-refractivity contribution is 5.84. The van der Waals surface area contributed by atoms with Gasteiger partial charge in [0.15, 0.2) is 0 Å². The zero-order valence-corrected chi connectivity index (χ0v) is 5.65. The highest BCUT2D eigenvalue weighted by atomic mass is 16.4. The van der Waals surface area contributed by atoms with E-state index in [1.54, 1.807) is 0 Å². The molecular weight excluding hydrogens is 154 g/mol. The van der Waals surface area contributed by atoms with Crippen LogP contribution in [-0.2, 0) is 9.59 Å². The molecule has 0 fully saturated rings. The van der Waals surface area contributed by atoms with Crippen LogP contribution in [0.2, 0.25) is 0 Å². The molecule has 0 aromatic rings. The predicted octanol–water partition coefficient (Wildman–Crippen LogP) is -1.76. The highest BCUT2D eigenvalue weighted by Gasteiger charge is 2.35. The summed E-state index contributed by atoms with van der Waals surface area (Å²) in [6, 6.07) is 0. The summed E-state index contributed by atoms with van der Waals surface area (Å²) in [6.45, 7) is -0.894. The third-order valence-corrected chi connectivity index (χ3v) is 1.17. The molecular formula is C5H9NO5. The largest absolute Gasteiger partial charge is 0.481 e. The van der Waals surface area contributed by atoms with Crippen LogP contribution in [0, 0.1) is 0 Å². The van der Waals surface area contributed by atoms with Crippen LogP contribution in [0.4, 0.5) is 0 Å². The van der Waals surface area contributed by atoms with E-state index in [0.717, 1.165) is 0 Å². The maximum atomic E-state index is 10.2. The summed E-state index contributed by atoms with van der Waals surface area (Å²) in [5.74, 6) is -2.88. The Balaban J connectivity index is 4.34. The minimum atomic E-state index is -2.06. The van der Waals surface area contributed by atoms with Crippen molar-refractivity contribution in [1.29, 1.82) is 0 Å². The molecule has 6 nitrogen and oxygen atoms in total. The zero-order chi connectivity index (χ0) is 9.07. The van der Waals surface area contributed by atoms with Crippen molar-refractivity contribution in [1.82, 2.24) is 0 Å². The molecule has 0 bridgehead atoms. The van der Waals surface area contributed by atoms with E-state index in [4.69, 9.17) is 21.1 Å². The van der Waals surface area contributed by atoms with Crippen LogP contribution in [0.5, 0.6) is 0 Å². The van der Waals surface area contributed by atoms with Crippen molar-refractivity contribution in [3.05, 3.63) is 0 Å². The molecule has 0 aromatic carbocycles. The Morgan fingerprint density at radius 3 is 1.91 bits per heavy atom. The Hall–Kier alpha value is -1.14. The molecule has 1 atom stereocenters. The molecule has 0 saturated carbocycles. The molecule has 11 heavy (non-hydrogen) atoms. The van der Waals surface area contributed by atoms with E-state index in [1.807, 2.05) is 0 Å². The van der Waals surface area contributed by atoms with Crippen LogP contribution in [0.15, 0.2) is 0 Å². The van der Waals surface area contributed by atoms with Gasteiger partial charge in [0.05, 0.1) is 13.0 Å². The van der Waals surface area contributed by atoms with Crippen molar-refractivity contribution in [3.63, 3.8) is 0 Å². The number of aliphatic hydroxyl groups is 1. The molecule has 0 aliphatic heterocycles. The second-order valence-corrected chi connectivity index (χ2v) is 2.19. The van der Waals surface area contributed by atoms with E-state index in [0.29, 0.717) is 0 Å². The smallest absolute Gasteiger partial charge is 0.326 e. The Bertz CT molecular complexity index is 180. The van der Waals surface area contributed by atoms with Crippen LogP contribution in [0.1, 0.15) is 6.42 Å². The number of hydrogen-bond donors (Lipinski definition) is 4. The van der Waals surface area contributed by atoms with Gasteiger partial charge in [0.2, 0.25) is 0 Å². The Kier molecular flexibility index (Phi) is 2.97. The summed E-state index contributed by atoms with van der Waals surface area (Å²) in [5.41, 5.74) is 2.95.